The van der Waals surface area contributed by atoms with Crippen molar-refractivity contribution >= 4 is 17.3 Å². The molecule has 4 heteroatoms. The Bertz CT molecular complexity index is 1160. The van der Waals surface area contributed by atoms with Crippen LogP contribution in [0.4, 0.5) is 5.69 Å². The number of Topliss-reactive ketones (excluding diaryl/α,β-unsaturated/α-hetero) is 1. The Labute approximate surface area is 216 Å². The molecule has 5 atom stereocenters. The van der Waals surface area contributed by atoms with Gasteiger partial charge in [-0.2, -0.15) is 0 Å². The number of hydrogen-bond donors (Lipinski definition) is 1. The number of allylic oxidation sites excluding steroid dienone is 4. The number of hydrogen-bond acceptors (Lipinski definition) is 4. The Balaban J connectivity index is 0.000000709. The highest BCUT2D eigenvalue weighted by Gasteiger charge is 2.62. The van der Waals surface area contributed by atoms with Crippen molar-refractivity contribution in [2.45, 2.75) is 84.2 Å². The van der Waals surface area contributed by atoms with Crippen molar-refractivity contribution in [2.75, 3.05) is 19.0 Å². The molecule has 0 bridgehead atoms. The molecule has 1 N–H and O–H groups in total. The maximum absolute atomic E-state index is 12.2. The first-order valence-corrected chi connectivity index (χ1v) is 13.4. The predicted molar refractivity (Wildman–Crippen MR) is 146 cm³/mol. The third kappa shape index (κ3) is 4.59. The third-order valence-corrected chi connectivity index (χ3v) is 9.03. The molecule has 0 aliphatic heterocycles. The van der Waals surface area contributed by atoms with Gasteiger partial charge in [0.1, 0.15) is 11.4 Å². The molecule has 0 heterocycles. The lowest BCUT2D eigenvalue weighted by Crippen LogP contribution is -2.51. The predicted octanol–water partition coefficient (Wildman–Crippen LogP) is 6.00. The minimum absolute atomic E-state index is 0.167. The SMILES string of the molecule is CC#C[C@]1(O)CC[C@H]2[C@@H]3CCC4=CC(=O)CCC4=C3[C@@H](c3ccc(N(C)C)cc3)C[C@@]21C.CC(C)=O. The van der Waals surface area contributed by atoms with E-state index in [0.29, 0.717) is 18.3 Å². The van der Waals surface area contributed by atoms with Crippen LogP contribution in [0.2, 0.25) is 0 Å². The summed E-state index contributed by atoms with van der Waals surface area (Å²) in [5, 5.41) is 11.7. The number of rotatable bonds is 2. The first-order valence-electron chi connectivity index (χ1n) is 13.4. The van der Waals surface area contributed by atoms with Crippen molar-refractivity contribution in [2.24, 2.45) is 17.3 Å². The molecular weight excluding hydrogens is 446 g/mol. The van der Waals surface area contributed by atoms with Gasteiger partial charge >= 0.3 is 0 Å². The molecule has 0 radical (unpaired) electrons. The molecule has 0 unspecified atom stereocenters. The number of aliphatic hydroxyl groups is 1. The van der Waals surface area contributed by atoms with Crippen molar-refractivity contribution in [1.82, 2.24) is 0 Å². The zero-order chi connectivity index (χ0) is 26.3. The molecule has 2 saturated carbocycles. The molecule has 0 saturated heterocycles. The molecule has 1 aromatic rings. The van der Waals surface area contributed by atoms with Crippen LogP contribution < -0.4 is 4.90 Å². The molecule has 0 spiro atoms. The van der Waals surface area contributed by atoms with Gasteiger partial charge in [-0.25, -0.2) is 0 Å². The highest BCUT2D eigenvalue weighted by atomic mass is 16.3. The quantitative estimate of drug-likeness (QED) is 0.520. The molecule has 1 aromatic carbocycles. The number of fused-ring (bicyclic) bond motifs is 4. The van der Waals surface area contributed by atoms with Crippen LogP contribution in [0.3, 0.4) is 0 Å². The minimum atomic E-state index is -0.914. The average molecular weight is 488 g/mol. The summed E-state index contributed by atoms with van der Waals surface area (Å²) in [5.41, 5.74) is 5.71. The summed E-state index contributed by atoms with van der Waals surface area (Å²) in [4.78, 5) is 23.7. The smallest absolute Gasteiger partial charge is 0.156 e. The van der Waals surface area contributed by atoms with E-state index in [0.717, 1.165) is 38.5 Å². The van der Waals surface area contributed by atoms with Crippen LogP contribution in [0.25, 0.3) is 0 Å². The number of benzene rings is 1. The van der Waals surface area contributed by atoms with Crippen molar-refractivity contribution in [3.8, 4) is 11.8 Å². The topological polar surface area (TPSA) is 57.6 Å². The molecule has 2 fully saturated rings. The number of ketones is 2. The zero-order valence-corrected chi connectivity index (χ0v) is 22.8. The molecule has 5 rings (SSSR count). The van der Waals surface area contributed by atoms with E-state index in [1.807, 2.05) is 13.0 Å². The fraction of sp³-hybridized carbons (Fsp3) is 0.562. The molecule has 0 amide bonds. The largest absolute Gasteiger partial charge is 0.378 e. The van der Waals surface area contributed by atoms with Crippen molar-refractivity contribution in [1.29, 1.82) is 0 Å². The maximum atomic E-state index is 12.2. The second kappa shape index (κ2) is 10.0. The Kier molecular flexibility index (Phi) is 7.35. The first kappa shape index (κ1) is 26.4. The Morgan fingerprint density at radius 1 is 1.08 bits per heavy atom. The summed E-state index contributed by atoms with van der Waals surface area (Å²) in [6.45, 7) is 7.20. The van der Waals surface area contributed by atoms with E-state index in [1.165, 1.54) is 36.2 Å². The fourth-order valence-corrected chi connectivity index (χ4v) is 7.38. The lowest BCUT2D eigenvalue weighted by atomic mass is 9.51. The normalized spacial score (nSPS) is 32.6. The van der Waals surface area contributed by atoms with Gasteiger partial charge in [0, 0.05) is 37.5 Å². The van der Waals surface area contributed by atoms with E-state index >= 15 is 0 Å². The van der Waals surface area contributed by atoms with Gasteiger partial charge in [0.15, 0.2) is 5.78 Å². The first-order chi connectivity index (χ1) is 17.0. The molecule has 36 heavy (non-hydrogen) atoms. The summed E-state index contributed by atoms with van der Waals surface area (Å²) in [6, 6.07) is 8.97. The molecule has 192 valence electrons. The zero-order valence-electron chi connectivity index (χ0n) is 22.8. The highest BCUT2D eigenvalue weighted by Crippen LogP contribution is 2.66. The second-order valence-electron chi connectivity index (χ2n) is 11.7. The number of anilines is 1. The van der Waals surface area contributed by atoms with Gasteiger partial charge in [-0.3, -0.25) is 4.79 Å². The monoisotopic (exact) mass is 487 g/mol. The minimum Gasteiger partial charge on any atom is -0.378 e. The summed E-state index contributed by atoms with van der Waals surface area (Å²) in [6.07, 6.45) is 8.23. The second-order valence-corrected chi connectivity index (χ2v) is 11.7. The van der Waals surface area contributed by atoms with Crippen LogP contribution >= 0.6 is 0 Å². The van der Waals surface area contributed by atoms with E-state index < -0.39 is 5.60 Å². The number of carbonyl (C=O) groups excluding carboxylic acids is 2. The Morgan fingerprint density at radius 2 is 1.75 bits per heavy atom. The van der Waals surface area contributed by atoms with Crippen molar-refractivity contribution in [3.05, 3.63) is 52.6 Å². The molecule has 4 nitrogen and oxygen atoms in total. The summed E-state index contributed by atoms with van der Waals surface area (Å²) >= 11 is 0. The Hall–Kier alpha value is -2.64. The van der Waals surface area contributed by atoms with Gasteiger partial charge in [0.25, 0.3) is 0 Å². The van der Waals surface area contributed by atoms with Crippen LogP contribution in [-0.2, 0) is 9.59 Å². The standard InChI is InChI=1S/C29H35NO2.C3H6O/c1-5-15-29(32)16-14-26-24-12-8-20-17-22(31)11-13-23(20)27(24)25(18-28(26,29)2)19-6-9-21(10-7-19)30(3)4;1-3(2)4/h6-7,9-10,17,24-26,32H,8,11-14,16,18H2,1-4H3;1-2H3/t24-,25+,26-,28-,29-;/m0./s1. The van der Waals surface area contributed by atoms with Gasteiger partial charge in [-0.15, -0.1) is 5.92 Å². The van der Waals surface area contributed by atoms with Gasteiger partial charge in [-0.05, 0) is 106 Å². The van der Waals surface area contributed by atoms with E-state index in [9.17, 15) is 14.7 Å². The van der Waals surface area contributed by atoms with Crippen LogP contribution in [0.5, 0.6) is 0 Å². The van der Waals surface area contributed by atoms with Gasteiger partial charge in [-0.1, -0.05) is 30.6 Å². The average Bonchev–Trinajstić information content (AvgIpc) is 3.08. The summed E-state index contributed by atoms with van der Waals surface area (Å²) < 4.78 is 0. The maximum Gasteiger partial charge on any atom is 0.156 e. The summed E-state index contributed by atoms with van der Waals surface area (Å²) in [5.74, 6) is 7.92. The van der Waals surface area contributed by atoms with E-state index in [2.05, 4.69) is 62.0 Å². The van der Waals surface area contributed by atoms with Crippen molar-refractivity contribution < 1.29 is 14.7 Å². The number of nitrogens with zero attached hydrogens (tertiary/aromatic N) is 1. The summed E-state index contributed by atoms with van der Waals surface area (Å²) in [7, 11) is 4.14. The van der Waals surface area contributed by atoms with E-state index in [-0.39, 0.29) is 22.9 Å². The fourth-order valence-electron chi connectivity index (χ4n) is 7.38. The molecular formula is C32H41NO3. The van der Waals surface area contributed by atoms with Gasteiger partial charge < -0.3 is 14.8 Å². The van der Waals surface area contributed by atoms with Crippen LogP contribution in [0, 0.1) is 29.1 Å². The Morgan fingerprint density at radius 3 is 2.36 bits per heavy atom. The van der Waals surface area contributed by atoms with E-state index in [4.69, 9.17) is 0 Å². The molecule has 4 aliphatic carbocycles. The van der Waals surface area contributed by atoms with Gasteiger partial charge in [0.2, 0.25) is 0 Å². The van der Waals surface area contributed by atoms with E-state index in [1.54, 1.807) is 5.57 Å². The third-order valence-electron chi connectivity index (χ3n) is 9.03. The van der Waals surface area contributed by atoms with Gasteiger partial charge in [0.05, 0.1) is 0 Å². The van der Waals surface area contributed by atoms with Crippen LogP contribution in [0.1, 0.15) is 84.1 Å². The molecule has 0 aromatic heterocycles. The lowest BCUT2D eigenvalue weighted by molar-refractivity contribution is -0.115. The van der Waals surface area contributed by atoms with Crippen LogP contribution in [0.15, 0.2) is 47.1 Å². The number of carbonyl (C=O) groups is 2. The highest BCUT2D eigenvalue weighted by molar-refractivity contribution is 5.93. The van der Waals surface area contributed by atoms with Crippen molar-refractivity contribution in [3.63, 3.8) is 0 Å². The lowest BCUT2D eigenvalue weighted by Gasteiger charge is -2.53. The van der Waals surface area contributed by atoms with Crippen LogP contribution in [-0.4, -0.2) is 36.4 Å². The molecule has 4 aliphatic rings.